The highest BCUT2D eigenvalue weighted by Crippen LogP contribution is 2.81. The van der Waals surface area contributed by atoms with Crippen LogP contribution in [0.2, 0.25) is 0 Å². The van der Waals surface area contributed by atoms with Gasteiger partial charge in [-0.3, -0.25) is 9.36 Å². The first-order valence-electron chi connectivity index (χ1n) is 21.1. The number of ether oxygens (including phenoxy) is 2. The number of carbonyl (C=O) groups is 2. The Labute approximate surface area is 352 Å². The van der Waals surface area contributed by atoms with Gasteiger partial charge in [0.15, 0.2) is 0 Å². The number of aromatic amines is 2. The molecule has 2 aliphatic heterocycles. The van der Waals surface area contributed by atoms with Crippen LogP contribution >= 0.6 is 11.3 Å². The van der Waals surface area contributed by atoms with Crippen molar-refractivity contribution in [3.8, 4) is 39.5 Å². The van der Waals surface area contributed by atoms with Gasteiger partial charge in [0.2, 0.25) is 12.1 Å². The molecule has 6 aromatic rings. The first-order chi connectivity index (χ1) is 28.8. The Bertz CT molecular complexity index is 2660. The third-order valence-corrected chi connectivity index (χ3v) is 15.0. The number of nitrogens with zero attached hydrogens (tertiary/aromatic N) is 4. The summed E-state index contributed by atoms with van der Waals surface area (Å²) < 4.78 is 30.5. The van der Waals surface area contributed by atoms with Gasteiger partial charge in [0, 0.05) is 27.9 Å². The smallest absolute Gasteiger partial charge is 0.407 e. The number of hydrogen-bond acceptors (Lipinski definition) is 8. The number of H-pyrrole nitrogens is 2. The van der Waals surface area contributed by atoms with Crippen LogP contribution in [0.3, 0.4) is 0 Å². The molecule has 12 nitrogen and oxygen atoms in total. The number of likely N-dealkylation sites (tertiary alicyclic amines) is 1. The summed E-state index contributed by atoms with van der Waals surface area (Å²) in [5, 5.41) is 3.65. The van der Waals surface area contributed by atoms with Crippen LogP contribution in [-0.2, 0) is 9.53 Å². The Balaban J connectivity index is 0.978. The number of carbonyl (C=O) groups excluding carboxylic acids is 2. The average molecular weight is 831 g/mol. The lowest BCUT2D eigenvalue weighted by molar-refractivity contribution is -0.135. The van der Waals surface area contributed by atoms with Crippen molar-refractivity contribution in [2.45, 2.75) is 90.6 Å². The summed E-state index contributed by atoms with van der Waals surface area (Å²) in [6.07, 6.45) is 6.12. The summed E-state index contributed by atoms with van der Waals surface area (Å²) >= 11 is 1.70. The highest BCUT2D eigenvalue weighted by molar-refractivity contribution is 7.12. The van der Waals surface area contributed by atoms with Gasteiger partial charge in [-0.2, -0.15) is 0 Å². The lowest BCUT2D eigenvalue weighted by atomic mass is 9.99. The minimum atomic E-state index is -0.748. The molecule has 3 fully saturated rings. The van der Waals surface area contributed by atoms with Crippen LogP contribution in [-0.4, -0.2) is 61.1 Å². The van der Waals surface area contributed by atoms with Crippen LogP contribution in [0.1, 0.15) is 106 Å². The second kappa shape index (κ2) is 14.3. The molecule has 4 aromatic heterocycles. The average Bonchev–Trinajstić information content (AvgIpc) is 3.82. The third-order valence-electron chi connectivity index (χ3n) is 13.6. The van der Waals surface area contributed by atoms with E-state index < -0.39 is 24.2 Å². The minimum Gasteiger partial charge on any atom is -0.464 e. The third kappa shape index (κ3) is 6.41. The summed E-state index contributed by atoms with van der Waals surface area (Å²) in [4.78, 5) is 46.2. The number of benzene rings is 2. The number of halogens is 1. The molecule has 4 aliphatic rings. The van der Waals surface area contributed by atoms with E-state index in [0.29, 0.717) is 58.6 Å². The van der Waals surface area contributed by atoms with E-state index in [0.717, 1.165) is 57.3 Å². The Morgan fingerprint density at radius 3 is 2.57 bits per heavy atom. The van der Waals surface area contributed by atoms with E-state index in [2.05, 4.69) is 82.0 Å². The fourth-order valence-electron chi connectivity index (χ4n) is 9.75. The number of aromatic nitrogens is 5. The zero-order valence-electron chi connectivity index (χ0n) is 34.7. The van der Waals surface area contributed by atoms with Gasteiger partial charge in [-0.15, -0.1) is 11.3 Å². The first-order valence-corrected chi connectivity index (χ1v) is 21.9. The molecule has 5 N–H and O–H groups in total. The predicted molar refractivity (Wildman–Crippen MR) is 229 cm³/mol. The standard InChI is InChI=1S/C46H51FN8O4S/c1-22(2)37-11-12-38(60-37)44-55-33-10-9-24(31-20-49-41(51-31)30(48)18-27-28-19-46(27,28)5)14-26(33)16-35(55)39-29(47)15-25(17-36(39)59-44)32-21-50-42(52-32)34-8-7-13-54(34)43(56)40(23(3)4)53-45(57)58-6/h9-12,14-17,20-23,27-28,30,34,40,44H,7-8,13,18-19,48H2,1-6H3,(H,49,51)(H,50,52)(H,53,57). The maximum Gasteiger partial charge on any atom is 0.407 e. The Morgan fingerprint density at radius 1 is 1.07 bits per heavy atom. The number of methoxy groups -OCH3 is 1. The first kappa shape index (κ1) is 38.7. The fraction of sp³-hybridized carbons (Fsp3) is 0.435. The van der Waals surface area contributed by atoms with Gasteiger partial charge in [0.05, 0.1) is 64.6 Å². The number of hydrogen-bond donors (Lipinski definition) is 4. The maximum atomic E-state index is 16.8. The van der Waals surface area contributed by atoms with Crippen LogP contribution in [0.4, 0.5) is 9.18 Å². The molecule has 0 bridgehead atoms. The van der Waals surface area contributed by atoms with E-state index in [1.54, 1.807) is 22.4 Å². The molecule has 1 saturated heterocycles. The van der Waals surface area contributed by atoms with Gasteiger partial charge in [0.1, 0.15) is 29.3 Å². The fourth-order valence-corrected chi connectivity index (χ4v) is 10.8. The zero-order valence-corrected chi connectivity index (χ0v) is 35.5. The van der Waals surface area contributed by atoms with E-state index in [4.69, 9.17) is 20.2 Å². The number of imidazole rings is 2. The summed E-state index contributed by atoms with van der Waals surface area (Å²) in [5.41, 5.74) is 12.2. The molecule has 0 spiro atoms. The molecular weight excluding hydrogens is 780 g/mol. The monoisotopic (exact) mass is 830 g/mol. The summed E-state index contributed by atoms with van der Waals surface area (Å²) in [6, 6.07) is 14.8. The number of fused-ring (bicyclic) bond motifs is 6. The molecule has 2 aromatic carbocycles. The van der Waals surface area contributed by atoms with Crippen molar-refractivity contribution < 1.29 is 23.5 Å². The van der Waals surface area contributed by atoms with Crippen molar-refractivity contribution in [3.63, 3.8) is 0 Å². The van der Waals surface area contributed by atoms with E-state index in [1.165, 1.54) is 24.5 Å². The molecule has 0 radical (unpaired) electrons. The number of nitrogens with one attached hydrogen (secondary N) is 3. The minimum absolute atomic E-state index is 0.128. The molecule has 2 aliphatic carbocycles. The predicted octanol–water partition coefficient (Wildman–Crippen LogP) is 9.44. The molecule has 60 heavy (non-hydrogen) atoms. The second-order valence-corrected chi connectivity index (χ2v) is 19.2. The molecule has 7 unspecified atom stereocenters. The summed E-state index contributed by atoms with van der Waals surface area (Å²) in [5.74, 6) is 2.97. The van der Waals surface area contributed by atoms with Crippen LogP contribution in [0, 0.1) is 29.0 Å². The topological polar surface area (TPSA) is 156 Å². The van der Waals surface area contributed by atoms with Gasteiger partial charge in [-0.05, 0) is 97.2 Å². The maximum absolute atomic E-state index is 16.8. The van der Waals surface area contributed by atoms with Gasteiger partial charge in [0.25, 0.3) is 0 Å². The number of amides is 2. The summed E-state index contributed by atoms with van der Waals surface area (Å²) in [7, 11) is 1.28. The van der Waals surface area contributed by atoms with Gasteiger partial charge < -0.3 is 35.4 Å². The SMILES string of the molecule is COC(=O)NC(C(=O)N1CCCC1c1ncc(-c2cc(F)c3c(c2)OC(c2ccc(C(C)C)s2)n2c-3cc3cc(-c4cnc(C(N)CC5C6CC56C)[nH]4)ccc32)[nH]1)C(C)C. The van der Waals surface area contributed by atoms with Crippen molar-refractivity contribution in [2.24, 2.45) is 28.9 Å². The number of thiophene rings is 1. The second-order valence-electron chi connectivity index (χ2n) is 18.0. The Morgan fingerprint density at radius 2 is 1.85 bits per heavy atom. The molecule has 6 heterocycles. The number of rotatable bonds is 11. The Hall–Kier alpha value is -5.47. The van der Waals surface area contributed by atoms with Gasteiger partial charge >= 0.3 is 6.09 Å². The number of nitrogens with two attached hydrogens (primary N) is 1. The molecule has 7 atom stereocenters. The molecule has 14 heteroatoms. The van der Waals surface area contributed by atoms with E-state index in [1.807, 2.05) is 26.1 Å². The van der Waals surface area contributed by atoms with E-state index in [9.17, 15) is 9.59 Å². The largest absolute Gasteiger partial charge is 0.464 e. The Kier molecular flexibility index (Phi) is 9.25. The van der Waals surface area contributed by atoms with E-state index in [-0.39, 0.29) is 23.9 Å². The van der Waals surface area contributed by atoms with E-state index >= 15 is 4.39 Å². The van der Waals surface area contributed by atoms with Crippen molar-refractivity contribution in [1.29, 1.82) is 0 Å². The van der Waals surface area contributed by atoms with Gasteiger partial charge in [-0.1, -0.05) is 40.7 Å². The van der Waals surface area contributed by atoms with Crippen molar-refractivity contribution >= 4 is 34.2 Å². The molecule has 312 valence electrons. The summed E-state index contributed by atoms with van der Waals surface area (Å²) in [6.45, 7) is 11.0. The quantitative estimate of drug-likeness (QED) is 0.101. The number of alkyl carbamates (subject to hydrolysis) is 1. The molecular formula is C46H51FN8O4S. The lowest BCUT2D eigenvalue weighted by Crippen LogP contribution is -2.51. The van der Waals surface area contributed by atoms with Crippen LogP contribution < -0.4 is 15.8 Å². The van der Waals surface area contributed by atoms with Crippen molar-refractivity contribution in [2.75, 3.05) is 13.7 Å². The molecule has 2 amide bonds. The van der Waals surface area contributed by atoms with Crippen LogP contribution in [0.15, 0.2) is 60.9 Å². The van der Waals surface area contributed by atoms with Crippen LogP contribution in [0.25, 0.3) is 44.7 Å². The highest BCUT2D eigenvalue weighted by atomic mass is 32.1. The van der Waals surface area contributed by atoms with Crippen molar-refractivity contribution in [3.05, 3.63) is 88.1 Å². The highest BCUT2D eigenvalue weighted by Gasteiger charge is 2.74. The normalized spacial score (nSPS) is 23.6. The zero-order chi connectivity index (χ0) is 41.8. The molecule has 2 saturated carbocycles. The van der Waals surface area contributed by atoms with Gasteiger partial charge in [-0.25, -0.2) is 19.2 Å². The molecule has 10 rings (SSSR count). The lowest BCUT2D eigenvalue weighted by Gasteiger charge is -2.30. The van der Waals surface area contributed by atoms with Crippen LogP contribution in [0.5, 0.6) is 5.75 Å². The van der Waals surface area contributed by atoms with Crippen molar-refractivity contribution in [1.82, 2.24) is 34.7 Å².